The molecule has 0 aromatic carbocycles. The fourth-order valence-electron chi connectivity index (χ4n) is 2.53. The molecule has 1 aliphatic carbocycles. The standard InChI is InChI=1S/C12H19N3O2/c1-2-14-8-7-13-12(14)15(9-11(16)17)10-5-3-4-6-10/h7-8,10H,2-6,9H2,1H3,(H,16,17). The lowest BCUT2D eigenvalue weighted by Gasteiger charge is -2.28. The molecule has 1 aromatic heterocycles. The first kappa shape index (κ1) is 12.0. The van der Waals surface area contributed by atoms with Gasteiger partial charge >= 0.3 is 5.97 Å². The van der Waals surface area contributed by atoms with E-state index in [0.29, 0.717) is 6.04 Å². The van der Waals surface area contributed by atoms with Crippen LogP contribution in [-0.4, -0.2) is 33.2 Å². The summed E-state index contributed by atoms with van der Waals surface area (Å²) in [6.45, 7) is 2.90. The minimum atomic E-state index is -0.789. The summed E-state index contributed by atoms with van der Waals surface area (Å²) in [7, 11) is 0. The Hall–Kier alpha value is -1.52. The second kappa shape index (κ2) is 5.21. The van der Waals surface area contributed by atoms with Crippen molar-refractivity contribution in [3.63, 3.8) is 0 Å². The van der Waals surface area contributed by atoms with Crippen LogP contribution < -0.4 is 4.90 Å². The summed E-state index contributed by atoms with van der Waals surface area (Å²) in [5.41, 5.74) is 0. The number of carboxylic acid groups (broad SMARTS) is 1. The van der Waals surface area contributed by atoms with Crippen LogP contribution in [0.15, 0.2) is 12.4 Å². The van der Waals surface area contributed by atoms with Gasteiger partial charge in [-0.3, -0.25) is 4.79 Å². The van der Waals surface area contributed by atoms with Gasteiger partial charge in [0.25, 0.3) is 0 Å². The van der Waals surface area contributed by atoms with Crippen LogP contribution in [0.4, 0.5) is 5.95 Å². The van der Waals surface area contributed by atoms with Gasteiger partial charge in [-0.25, -0.2) is 4.98 Å². The molecule has 5 nitrogen and oxygen atoms in total. The maximum Gasteiger partial charge on any atom is 0.323 e. The van der Waals surface area contributed by atoms with Crippen molar-refractivity contribution in [2.24, 2.45) is 0 Å². The van der Waals surface area contributed by atoms with E-state index < -0.39 is 5.97 Å². The summed E-state index contributed by atoms with van der Waals surface area (Å²) in [4.78, 5) is 17.2. The number of hydrogen-bond donors (Lipinski definition) is 1. The van der Waals surface area contributed by atoms with E-state index in [1.807, 2.05) is 22.6 Å². The Kier molecular flexibility index (Phi) is 3.66. The number of aromatic nitrogens is 2. The molecular weight excluding hydrogens is 218 g/mol. The van der Waals surface area contributed by atoms with Gasteiger partial charge in [0.1, 0.15) is 6.54 Å². The molecule has 0 atom stereocenters. The highest BCUT2D eigenvalue weighted by molar-refractivity contribution is 5.73. The highest BCUT2D eigenvalue weighted by atomic mass is 16.4. The van der Waals surface area contributed by atoms with E-state index in [1.165, 1.54) is 12.8 Å². The van der Waals surface area contributed by atoms with Gasteiger partial charge in [-0.2, -0.15) is 0 Å². The fraction of sp³-hybridized carbons (Fsp3) is 0.667. The molecule has 1 saturated carbocycles. The third-order valence-corrected chi connectivity index (χ3v) is 3.36. The van der Waals surface area contributed by atoms with Crippen LogP contribution in [0.1, 0.15) is 32.6 Å². The van der Waals surface area contributed by atoms with Crippen LogP contribution in [0.3, 0.4) is 0 Å². The fourth-order valence-corrected chi connectivity index (χ4v) is 2.53. The third kappa shape index (κ3) is 2.60. The van der Waals surface area contributed by atoms with Crippen LogP contribution >= 0.6 is 0 Å². The van der Waals surface area contributed by atoms with Gasteiger partial charge < -0.3 is 14.6 Å². The number of hydrogen-bond acceptors (Lipinski definition) is 3. The second-order valence-electron chi connectivity index (χ2n) is 4.47. The van der Waals surface area contributed by atoms with Gasteiger partial charge in [-0.1, -0.05) is 12.8 Å². The maximum atomic E-state index is 11.0. The number of carbonyl (C=O) groups is 1. The van der Waals surface area contributed by atoms with Crippen molar-refractivity contribution in [1.82, 2.24) is 9.55 Å². The van der Waals surface area contributed by atoms with Crippen LogP contribution in [0.5, 0.6) is 0 Å². The molecule has 1 aromatic rings. The second-order valence-corrected chi connectivity index (χ2v) is 4.47. The van der Waals surface area contributed by atoms with E-state index >= 15 is 0 Å². The van der Waals surface area contributed by atoms with Gasteiger partial charge in [0.15, 0.2) is 0 Å². The number of aryl methyl sites for hydroxylation is 1. The molecule has 2 rings (SSSR count). The molecule has 0 aliphatic heterocycles. The molecule has 1 N–H and O–H groups in total. The van der Waals surface area contributed by atoms with Gasteiger partial charge in [0.2, 0.25) is 5.95 Å². The van der Waals surface area contributed by atoms with Crippen molar-refractivity contribution < 1.29 is 9.90 Å². The number of anilines is 1. The maximum absolute atomic E-state index is 11.0. The Morgan fingerprint density at radius 2 is 2.29 bits per heavy atom. The lowest BCUT2D eigenvalue weighted by atomic mass is 10.2. The first-order valence-electron chi connectivity index (χ1n) is 6.22. The Balaban J connectivity index is 2.22. The summed E-state index contributed by atoms with van der Waals surface area (Å²) in [6.07, 6.45) is 8.16. The van der Waals surface area contributed by atoms with E-state index in [-0.39, 0.29) is 6.54 Å². The quantitative estimate of drug-likeness (QED) is 0.847. The molecule has 0 saturated heterocycles. The van der Waals surface area contributed by atoms with Crippen molar-refractivity contribution >= 4 is 11.9 Å². The summed E-state index contributed by atoms with van der Waals surface area (Å²) >= 11 is 0. The molecule has 5 heteroatoms. The lowest BCUT2D eigenvalue weighted by molar-refractivity contribution is -0.135. The number of rotatable bonds is 5. The summed E-state index contributed by atoms with van der Waals surface area (Å²) < 4.78 is 2.00. The van der Waals surface area contributed by atoms with Crippen molar-refractivity contribution in [2.75, 3.05) is 11.4 Å². The molecule has 0 spiro atoms. The highest BCUT2D eigenvalue weighted by Crippen LogP contribution is 2.27. The Morgan fingerprint density at radius 3 is 2.88 bits per heavy atom. The van der Waals surface area contributed by atoms with Crippen molar-refractivity contribution in [1.29, 1.82) is 0 Å². The SMILES string of the molecule is CCn1ccnc1N(CC(=O)O)C1CCCC1. The average molecular weight is 237 g/mol. The normalized spacial score (nSPS) is 16.3. The largest absolute Gasteiger partial charge is 0.480 e. The minimum Gasteiger partial charge on any atom is -0.480 e. The first-order chi connectivity index (χ1) is 8.22. The number of aliphatic carboxylic acids is 1. The van der Waals surface area contributed by atoms with E-state index in [1.54, 1.807) is 6.20 Å². The smallest absolute Gasteiger partial charge is 0.323 e. The molecule has 1 aliphatic rings. The lowest BCUT2D eigenvalue weighted by Crippen LogP contribution is -2.39. The van der Waals surface area contributed by atoms with E-state index in [9.17, 15) is 4.79 Å². The zero-order valence-electron chi connectivity index (χ0n) is 10.2. The van der Waals surface area contributed by atoms with Crippen LogP contribution in [0, 0.1) is 0 Å². The summed E-state index contributed by atoms with van der Waals surface area (Å²) in [5.74, 6) is 0.00403. The van der Waals surface area contributed by atoms with Gasteiger partial charge in [0, 0.05) is 25.0 Å². The van der Waals surface area contributed by atoms with Crippen molar-refractivity contribution in [3.8, 4) is 0 Å². The molecule has 0 bridgehead atoms. The Morgan fingerprint density at radius 1 is 1.59 bits per heavy atom. The predicted molar refractivity (Wildman–Crippen MR) is 65.1 cm³/mol. The van der Waals surface area contributed by atoms with Crippen LogP contribution in [0.2, 0.25) is 0 Å². The Labute approximate surface area is 101 Å². The van der Waals surface area contributed by atoms with E-state index in [0.717, 1.165) is 25.3 Å². The number of carboxylic acids is 1. The molecule has 0 amide bonds. The topological polar surface area (TPSA) is 58.4 Å². The zero-order chi connectivity index (χ0) is 12.3. The average Bonchev–Trinajstić information content (AvgIpc) is 2.96. The van der Waals surface area contributed by atoms with Gasteiger partial charge in [-0.15, -0.1) is 0 Å². The molecule has 1 fully saturated rings. The van der Waals surface area contributed by atoms with Crippen LogP contribution in [-0.2, 0) is 11.3 Å². The van der Waals surface area contributed by atoms with Gasteiger partial charge in [-0.05, 0) is 19.8 Å². The predicted octanol–water partition coefficient (Wildman–Crippen LogP) is 1.74. The first-order valence-corrected chi connectivity index (χ1v) is 6.22. The minimum absolute atomic E-state index is 0.0433. The highest BCUT2D eigenvalue weighted by Gasteiger charge is 2.27. The molecule has 0 radical (unpaired) electrons. The Bertz CT molecular complexity index is 383. The summed E-state index contributed by atoms with van der Waals surface area (Å²) in [6, 6.07) is 0.332. The van der Waals surface area contributed by atoms with Gasteiger partial charge in [0.05, 0.1) is 0 Å². The number of nitrogens with zero attached hydrogens (tertiary/aromatic N) is 3. The van der Waals surface area contributed by atoms with E-state index in [4.69, 9.17) is 5.11 Å². The molecule has 1 heterocycles. The number of imidazole rings is 1. The monoisotopic (exact) mass is 237 g/mol. The molecule has 0 unspecified atom stereocenters. The third-order valence-electron chi connectivity index (χ3n) is 3.36. The molecule has 17 heavy (non-hydrogen) atoms. The van der Waals surface area contributed by atoms with Crippen molar-refractivity contribution in [3.05, 3.63) is 12.4 Å². The van der Waals surface area contributed by atoms with E-state index in [2.05, 4.69) is 4.98 Å². The molecular formula is C12H19N3O2. The van der Waals surface area contributed by atoms with Crippen molar-refractivity contribution in [2.45, 2.75) is 45.2 Å². The summed E-state index contributed by atoms with van der Waals surface area (Å²) in [5, 5.41) is 9.03. The van der Waals surface area contributed by atoms with Crippen LogP contribution in [0.25, 0.3) is 0 Å². The zero-order valence-corrected chi connectivity index (χ0v) is 10.2. The molecule has 94 valence electrons.